The molecule has 0 aliphatic carbocycles. The van der Waals surface area contributed by atoms with Crippen LogP contribution in [0.3, 0.4) is 0 Å². The zero-order valence-corrected chi connectivity index (χ0v) is 18.4. The molecule has 156 valence electrons. The monoisotopic (exact) mass is 415 g/mol. The number of thiophene rings is 1. The van der Waals surface area contributed by atoms with Crippen molar-refractivity contribution in [2.45, 2.75) is 46.1 Å². The largest absolute Gasteiger partial charge is 0.350 e. The van der Waals surface area contributed by atoms with Crippen LogP contribution in [0.4, 0.5) is 5.69 Å². The summed E-state index contributed by atoms with van der Waals surface area (Å²) < 4.78 is 0. The fourth-order valence-electron chi connectivity index (χ4n) is 2.71. The third-order valence-electron chi connectivity index (χ3n) is 4.13. The number of benzene rings is 1. The molecule has 1 heterocycles. The van der Waals surface area contributed by atoms with Gasteiger partial charge in [-0.2, -0.15) is 0 Å². The van der Waals surface area contributed by atoms with Crippen LogP contribution >= 0.6 is 11.3 Å². The van der Waals surface area contributed by atoms with Crippen LogP contribution in [0.2, 0.25) is 0 Å². The Morgan fingerprint density at radius 3 is 2.24 bits per heavy atom. The van der Waals surface area contributed by atoms with Crippen molar-refractivity contribution in [3.05, 3.63) is 52.2 Å². The van der Waals surface area contributed by atoms with E-state index in [1.165, 1.54) is 16.2 Å². The van der Waals surface area contributed by atoms with Crippen LogP contribution in [0, 0.1) is 0 Å². The van der Waals surface area contributed by atoms with E-state index < -0.39 is 5.54 Å². The Morgan fingerprint density at radius 2 is 1.72 bits per heavy atom. The third kappa shape index (κ3) is 7.02. The second kappa shape index (κ2) is 9.69. The number of hydrogen-bond donors (Lipinski definition) is 2. The second-order valence-electron chi connectivity index (χ2n) is 8.18. The molecular weight excluding hydrogens is 386 g/mol. The lowest BCUT2D eigenvalue weighted by Crippen LogP contribution is -2.49. The molecule has 6 nitrogen and oxygen atoms in total. The molecule has 0 saturated heterocycles. The second-order valence-corrected chi connectivity index (χ2v) is 9.13. The van der Waals surface area contributed by atoms with Gasteiger partial charge in [-0.1, -0.05) is 32.0 Å². The predicted octanol–water partition coefficient (Wildman–Crippen LogP) is 3.55. The van der Waals surface area contributed by atoms with Crippen molar-refractivity contribution >= 4 is 34.7 Å². The summed E-state index contributed by atoms with van der Waals surface area (Å²) in [5.41, 5.74) is 1.36. The van der Waals surface area contributed by atoms with Crippen molar-refractivity contribution in [1.29, 1.82) is 0 Å². The van der Waals surface area contributed by atoms with Gasteiger partial charge in [-0.15, -0.1) is 11.3 Å². The first-order chi connectivity index (χ1) is 13.6. The van der Waals surface area contributed by atoms with Crippen molar-refractivity contribution in [2.24, 2.45) is 0 Å². The number of amides is 3. The van der Waals surface area contributed by atoms with Gasteiger partial charge in [0.15, 0.2) is 0 Å². The van der Waals surface area contributed by atoms with Crippen LogP contribution in [0.1, 0.15) is 55.8 Å². The Bertz CT molecular complexity index is 837. The molecule has 0 aliphatic heterocycles. The number of carbonyl (C=O) groups is 3. The molecule has 0 radical (unpaired) electrons. The predicted molar refractivity (Wildman–Crippen MR) is 117 cm³/mol. The summed E-state index contributed by atoms with van der Waals surface area (Å²) in [7, 11) is 0. The first kappa shape index (κ1) is 22.6. The zero-order valence-electron chi connectivity index (χ0n) is 17.6. The van der Waals surface area contributed by atoms with Gasteiger partial charge in [0, 0.05) is 11.2 Å². The molecule has 2 aromatic rings. The lowest BCUT2D eigenvalue weighted by molar-refractivity contribution is -0.124. The molecule has 1 aromatic heterocycles. The van der Waals surface area contributed by atoms with Crippen LogP contribution in [0.25, 0.3) is 0 Å². The first-order valence-electron chi connectivity index (χ1n) is 9.60. The molecule has 0 atom stereocenters. The van der Waals surface area contributed by atoms with Crippen molar-refractivity contribution in [3.63, 3.8) is 0 Å². The fourth-order valence-corrected chi connectivity index (χ4v) is 3.35. The maximum atomic E-state index is 12.9. The van der Waals surface area contributed by atoms with E-state index in [4.69, 9.17) is 0 Å². The van der Waals surface area contributed by atoms with Gasteiger partial charge < -0.3 is 15.5 Å². The van der Waals surface area contributed by atoms with Crippen molar-refractivity contribution in [3.8, 4) is 0 Å². The van der Waals surface area contributed by atoms with Crippen molar-refractivity contribution < 1.29 is 14.4 Å². The highest BCUT2D eigenvalue weighted by atomic mass is 32.1. The molecule has 29 heavy (non-hydrogen) atoms. The molecular formula is C22H29N3O3S. The Balaban J connectivity index is 2.15. The van der Waals surface area contributed by atoms with Crippen molar-refractivity contribution in [1.82, 2.24) is 10.6 Å². The number of rotatable bonds is 7. The lowest BCUT2D eigenvalue weighted by Gasteiger charge is -2.26. The average molecular weight is 416 g/mol. The lowest BCUT2D eigenvalue weighted by atomic mass is 10.0. The topological polar surface area (TPSA) is 78.5 Å². The Kier molecular flexibility index (Phi) is 7.56. The fraction of sp³-hybridized carbons (Fsp3) is 0.409. The number of nitrogens with one attached hydrogen (secondary N) is 2. The number of nitrogens with zero attached hydrogens (tertiary/aromatic N) is 1. The summed E-state index contributed by atoms with van der Waals surface area (Å²) in [5, 5.41) is 7.31. The van der Waals surface area contributed by atoms with Gasteiger partial charge in [-0.05, 0) is 55.8 Å². The van der Waals surface area contributed by atoms with E-state index in [2.05, 4.69) is 24.5 Å². The van der Waals surface area contributed by atoms with Gasteiger partial charge >= 0.3 is 0 Å². The molecule has 2 rings (SSSR count). The summed E-state index contributed by atoms with van der Waals surface area (Å²) in [6.07, 6.45) is 0. The Morgan fingerprint density at radius 1 is 1.07 bits per heavy atom. The van der Waals surface area contributed by atoms with Crippen LogP contribution < -0.4 is 15.5 Å². The molecule has 3 amide bonds. The first-order valence-corrected chi connectivity index (χ1v) is 10.5. The highest BCUT2D eigenvalue weighted by molar-refractivity contribution is 7.12. The smallest absolute Gasteiger partial charge is 0.261 e. The SMILES string of the molecule is CC(C)c1ccc(N(CC(=O)NC(C)(C)C)C(=O)CNC(=O)c2cccs2)cc1. The number of anilines is 1. The molecule has 0 bridgehead atoms. The molecule has 1 aromatic carbocycles. The van der Waals surface area contributed by atoms with Gasteiger partial charge in [0.25, 0.3) is 5.91 Å². The summed E-state index contributed by atoms with van der Waals surface area (Å²) >= 11 is 1.31. The summed E-state index contributed by atoms with van der Waals surface area (Å²) in [4.78, 5) is 39.4. The normalized spacial score (nSPS) is 11.2. The van der Waals surface area contributed by atoms with Crippen LogP contribution in [0.5, 0.6) is 0 Å². The van der Waals surface area contributed by atoms with Crippen LogP contribution in [0.15, 0.2) is 41.8 Å². The highest BCUT2D eigenvalue weighted by Crippen LogP contribution is 2.20. The van der Waals surface area contributed by atoms with Gasteiger partial charge in [0.05, 0.1) is 11.4 Å². The molecule has 0 aliphatic rings. The molecule has 0 saturated carbocycles. The third-order valence-corrected chi connectivity index (χ3v) is 5.00. The minimum absolute atomic E-state index is 0.119. The number of hydrogen-bond acceptors (Lipinski definition) is 4. The van der Waals surface area contributed by atoms with E-state index in [1.807, 2.05) is 45.0 Å². The standard InChI is InChI=1S/C22H29N3O3S/c1-15(2)16-8-10-17(11-9-16)25(14-19(26)24-22(3,4)5)20(27)13-23-21(28)18-7-6-12-29-18/h6-12,15H,13-14H2,1-5H3,(H,23,28)(H,24,26). The Labute approximate surface area is 176 Å². The van der Waals surface area contributed by atoms with E-state index in [0.29, 0.717) is 16.5 Å². The van der Waals surface area contributed by atoms with Gasteiger partial charge in [-0.3, -0.25) is 14.4 Å². The van der Waals surface area contributed by atoms with Crippen LogP contribution in [-0.2, 0) is 9.59 Å². The zero-order chi connectivity index (χ0) is 21.6. The summed E-state index contributed by atoms with van der Waals surface area (Å²) in [5.74, 6) is -0.551. The molecule has 0 spiro atoms. The van der Waals surface area contributed by atoms with E-state index in [1.54, 1.807) is 17.5 Å². The van der Waals surface area contributed by atoms with E-state index in [9.17, 15) is 14.4 Å². The summed E-state index contributed by atoms with van der Waals surface area (Å²) in [6, 6.07) is 11.0. The van der Waals surface area contributed by atoms with E-state index in [0.717, 1.165) is 5.56 Å². The maximum Gasteiger partial charge on any atom is 0.261 e. The van der Waals surface area contributed by atoms with E-state index >= 15 is 0 Å². The average Bonchev–Trinajstić information content (AvgIpc) is 3.17. The van der Waals surface area contributed by atoms with E-state index in [-0.39, 0.29) is 30.8 Å². The number of carbonyl (C=O) groups excluding carboxylic acids is 3. The minimum atomic E-state index is -0.402. The van der Waals surface area contributed by atoms with Crippen LogP contribution in [-0.4, -0.2) is 36.3 Å². The highest BCUT2D eigenvalue weighted by Gasteiger charge is 2.22. The van der Waals surface area contributed by atoms with Gasteiger partial charge in [0.1, 0.15) is 6.54 Å². The molecule has 0 unspecified atom stereocenters. The van der Waals surface area contributed by atoms with Gasteiger partial charge in [-0.25, -0.2) is 0 Å². The van der Waals surface area contributed by atoms with Gasteiger partial charge in [0.2, 0.25) is 11.8 Å². The molecule has 7 heteroatoms. The Hall–Kier alpha value is -2.67. The molecule has 0 fully saturated rings. The molecule has 2 N–H and O–H groups in total. The summed E-state index contributed by atoms with van der Waals surface area (Å²) in [6.45, 7) is 9.53. The van der Waals surface area contributed by atoms with Crippen molar-refractivity contribution in [2.75, 3.05) is 18.0 Å². The minimum Gasteiger partial charge on any atom is -0.350 e. The maximum absolute atomic E-state index is 12.9. The quantitative estimate of drug-likeness (QED) is 0.726.